The number of halogens is 1. The number of hydrogen-bond donors (Lipinski definition) is 0. The molecule has 182 valence electrons. The number of rotatable bonds is 7. The summed E-state index contributed by atoms with van der Waals surface area (Å²) < 4.78 is 29.2. The van der Waals surface area contributed by atoms with Crippen LogP contribution in [0.3, 0.4) is 0 Å². The van der Waals surface area contributed by atoms with Crippen LogP contribution in [0.15, 0.2) is 73.1 Å². The van der Waals surface area contributed by atoms with Crippen molar-refractivity contribution in [2.45, 2.75) is 31.4 Å². The summed E-state index contributed by atoms with van der Waals surface area (Å²) in [4.78, 5) is 37.1. The van der Waals surface area contributed by atoms with E-state index < -0.39 is 33.7 Å². The van der Waals surface area contributed by atoms with Crippen molar-refractivity contribution in [3.63, 3.8) is 0 Å². The molecule has 1 fully saturated rings. The van der Waals surface area contributed by atoms with Gasteiger partial charge < -0.3 is 4.74 Å². The van der Waals surface area contributed by atoms with Crippen LogP contribution in [-0.2, 0) is 30.7 Å². The number of aromatic nitrogens is 2. The minimum absolute atomic E-state index is 0.0431. The van der Waals surface area contributed by atoms with Crippen LogP contribution in [0.1, 0.15) is 29.9 Å². The lowest BCUT2D eigenvalue weighted by Gasteiger charge is -2.28. The largest absolute Gasteiger partial charge is 0.461 e. The summed E-state index contributed by atoms with van der Waals surface area (Å²) >= 11 is 5.91. The van der Waals surface area contributed by atoms with E-state index in [1.54, 1.807) is 73.1 Å². The summed E-state index contributed by atoms with van der Waals surface area (Å²) in [5.41, 5.74) is 1.17. The highest BCUT2D eigenvalue weighted by molar-refractivity contribution is 7.91. The standard InChI is InChI=1S/C25H24ClN3O5S/c26-21-10-9-18(16-28-21)17-29(22-8-4-5-13-27-22)24(30)23(19-6-2-1-3-7-19)25(31)34-20-11-14-35(32,33)15-12-20/h1-10,13,16,20,23H,11-12,14-15,17H2. The second-order valence-corrected chi connectivity index (χ2v) is 10.9. The number of nitrogens with zero attached hydrogens (tertiary/aromatic N) is 3. The Kier molecular flexibility index (Phi) is 7.77. The second kappa shape index (κ2) is 11.0. The topological polar surface area (TPSA) is 107 Å². The highest BCUT2D eigenvalue weighted by atomic mass is 35.5. The average Bonchev–Trinajstić information content (AvgIpc) is 2.86. The van der Waals surface area contributed by atoms with Gasteiger partial charge in [-0.15, -0.1) is 0 Å². The summed E-state index contributed by atoms with van der Waals surface area (Å²) in [5, 5.41) is 0.324. The van der Waals surface area contributed by atoms with E-state index in [1.165, 1.54) is 4.90 Å². The summed E-state index contributed by atoms with van der Waals surface area (Å²) in [6.07, 6.45) is 2.99. The van der Waals surface area contributed by atoms with Gasteiger partial charge in [0.2, 0.25) is 5.91 Å². The van der Waals surface area contributed by atoms with Crippen LogP contribution in [0.4, 0.5) is 5.82 Å². The number of amides is 1. The number of anilines is 1. The van der Waals surface area contributed by atoms with E-state index in [0.717, 1.165) is 0 Å². The minimum Gasteiger partial charge on any atom is -0.461 e. The SMILES string of the molecule is O=C(OC1CCS(=O)(=O)CC1)C(C(=O)N(Cc1ccc(Cl)nc1)c1ccccn1)c1ccccc1. The van der Waals surface area contributed by atoms with Crippen LogP contribution >= 0.6 is 11.6 Å². The molecule has 0 saturated carbocycles. The molecule has 4 rings (SSSR count). The normalized spacial score (nSPS) is 16.3. The van der Waals surface area contributed by atoms with E-state index in [0.29, 0.717) is 22.1 Å². The molecule has 1 aliphatic heterocycles. The van der Waals surface area contributed by atoms with Gasteiger partial charge in [0.05, 0.1) is 18.1 Å². The Morgan fingerprint density at radius 1 is 1.00 bits per heavy atom. The Bertz CT molecular complexity index is 1260. The number of sulfone groups is 1. The predicted octanol–water partition coefficient (Wildman–Crippen LogP) is 3.57. The molecule has 0 aliphatic carbocycles. The molecular formula is C25H24ClN3O5S. The molecule has 1 saturated heterocycles. The lowest BCUT2D eigenvalue weighted by molar-refractivity contribution is -0.153. The third kappa shape index (κ3) is 6.43. The molecule has 3 heterocycles. The number of pyridine rings is 2. The van der Waals surface area contributed by atoms with Crippen molar-refractivity contribution in [1.29, 1.82) is 0 Å². The molecule has 1 unspecified atom stereocenters. The summed E-state index contributed by atoms with van der Waals surface area (Å²) in [7, 11) is -3.12. The number of carbonyl (C=O) groups is 2. The number of carbonyl (C=O) groups excluding carboxylic acids is 2. The maximum atomic E-state index is 13.9. The lowest BCUT2D eigenvalue weighted by atomic mass is 9.97. The quantitative estimate of drug-likeness (QED) is 0.270. The molecule has 0 radical (unpaired) electrons. The van der Waals surface area contributed by atoms with E-state index in [2.05, 4.69) is 9.97 Å². The van der Waals surface area contributed by atoms with Crippen LogP contribution in [0, 0.1) is 0 Å². The van der Waals surface area contributed by atoms with E-state index in [-0.39, 0.29) is 30.9 Å². The number of ether oxygens (including phenoxy) is 1. The monoisotopic (exact) mass is 513 g/mol. The van der Waals surface area contributed by atoms with Gasteiger partial charge in [0.15, 0.2) is 15.8 Å². The third-order valence-electron chi connectivity index (χ3n) is 5.72. The first-order valence-corrected chi connectivity index (χ1v) is 13.3. The average molecular weight is 514 g/mol. The molecule has 1 atom stereocenters. The van der Waals surface area contributed by atoms with E-state index in [4.69, 9.17) is 16.3 Å². The first-order chi connectivity index (χ1) is 16.8. The third-order valence-corrected chi connectivity index (χ3v) is 7.66. The fourth-order valence-electron chi connectivity index (χ4n) is 3.87. The Labute approximate surface area is 208 Å². The highest BCUT2D eigenvalue weighted by Gasteiger charge is 2.37. The maximum Gasteiger partial charge on any atom is 0.323 e. The molecule has 0 spiro atoms. The van der Waals surface area contributed by atoms with Crippen LogP contribution in [0.2, 0.25) is 5.15 Å². The summed E-state index contributed by atoms with van der Waals surface area (Å²) in [6, 6.07) is 17.2. The fraction of sp³-hybridized carbons (Fsp3) is 0.280. The van der Waals surface area contributed by atoms with E-state index in [1.807, 2.05) is 0 Å². The van der Waals surface area contributed by atoms with Crippen molar-refractivity contribution in [2.75, 3.05) is 16.4 Å². The molecule has 0 N–H and O–H groups in total. The Morgan fingerprint density at radius 2 is 1.71 bits per heavy atom. The van der Waals surface area contributed by atoms with Gasteiger partial charge in [0.25, 0.3) is 0 Å². The van der Waals surface area contributed by atoms with Crippen molar-refractivity contribution < 1.29 is 22.7 Å². The molecule has 1 aliphatic rings. The van der Waals surface area contributed by atoms with Crippen molar-refractivity contribution in [2.24, 2.45) is 0 Å². The smallest absolute Gasteiger partial charge is 0.323 e. The predicted molar refractivity (Wildman–Crippen MR) is 132 cm³/mol. The molecule has 0 bridgehead atoms. The van der Waals surface area contributed by atoms with Gasteiger partial charge in [0, 0.05) is 12.4 Å². The number of hydrogen-bond acceptors (Lipinski definition) is 7. The van der Waals surface area contributed by atoms with Gasteiger partial charge >= 0.3 is 5.97 Å². The highest BCUT2D eigenvalue weighted by Crippen LogP contribution is 2.27. The van der Waals surface area contributed by atoms with Gasteiger partial charge in [-0.2, -0.15) is 0 Å². The Hall–Kier alpha value is -3.30. The molecule has 3 aromatic rings. The zero-order valence-electron chi connectivity index (χ0n) is 18.8. The molecule has 1 amide bonds. The van der Waals surface area contributed by atoms with Crippen LogP contribution < -0.4 is 4.90 Å². The van der Waals surface area contributed by atoms with Crippen LogP contribution in [0.5, 0.6) is 0 Å². The van der Waals surface area contributed by atoms with E-state index in [9.17, 15) is 18.0 Å². The fourth-order valence-corrected chi connectivity index (χ4v) is 5.43. The van der Waals surface area contributed by atoms with Gasteiger partial charge in [-0.1, -0.05) is 54.1 Å². The summed E-state index contributed by atoms with van der Waals surface area (Å²) in [6.45, 7) is 0.109. The van der Waals surface area contributed by atoms with E-state index >= 15 is 0 Å². The molecule has 10 heteroatoms. The van der Waals surface area contributed by atoms with Gasteiger partial charge in [-0.25, -0.2) is 18.4 Å². The Balaban J connectivity index is 1.65. The van der Waals surface area contributed by atoms with Crippen LogP contribution in [0.25, 0.3) is 0 Å². The number of benzene rings is 1. The summed E-state index contributed by atoms with van der Waals surface area (Å²) in [5.74, 6) is -2.21. The Morgan fingerprint density at radius 3 is 2.34 bits per heavy atom. The minimum atomic E-state index is -3.12. The first-order valence-electron chi connectivity index (χ1n) is 11.1. The molecule has 8 nitrogen and oxygen atoms in total. The lowest BCUT2D eigenvalue weighted by Crippen LogP contribution is -2.41. The maximum absolute atomic E-state index is 13.9. The van der Waals surface area contributed by atoms with Crippen molar-refractivity contribution >= 4 is 39.1 Å². The van der Waals surface area contributed by atoms with Gasteiger partial charge in [-0.05, 0) is 42.2 Å². The zero-order chi connectivity index (χ0) is 24.8. The first kappa shape index (κ1) is 24.8. The molecular weight excluding hydrogens is 490 g/mol. The van der Waals surface area contributed by atoms with Crippen molar-refractivity contribution in [3.8, 4) is 0 Å². The zero-order valence-corrected chi connectivity index (χ0v) is 20.4. The van der Waals surface area contributed by atoms with Gasteiger partial charge in [0.1, 0.15) is 17.1 Å². The second-order valence-electron chi connectivity index (χ2n) is 8.23. The van der Waals surface area contributed by atoms with Crippen LogP contribution in [-0.4, -0.2) is 47.9 Å². The van der Waals surface area contributed by atoms with Crippen molar-refractivity contribution in [1.82, 2.24) is 9.97 Å². The molecule has 2 aromatic heterocycles. The van der Waals surface area contributed by atoms with Crippen molar-refractivity contribution in [3.05, 3.63) is 89.3 Å². The van der Waals surface area contributed by atoms with Gasteiger partial charge in [-0.3, -0.25) is 14.5 Å². The molecule has 35 heavy (non-hydrogen) atoms. The molecule has 1 aromatic carbocycles. The number of esters is 1.